The average molecular weight is 357 g/mol. The molecule has 0 aliphatic rings. The Morgan fingerprint density at radius 1 is 1.27 bits per heavy atom. The summed E-state index contributed by atoms with van der Waals surface area (Å²) in [5.74, 6) is 2.99. The molecule has 0 saturated carbocycles. The Balaban J connectivity index is 2.05. The molecule has 140 valence electrons. The molecule has 2 N–H and O–H groups in total. The van der Waals surface area contributed by atoms with Crippen LogP contribution in [0, 0.1) is 0 Å². The summed E-state index contributed by atoms with van der Waals surface area (Å²) in [5, 5.41) is 6.59. The van der Waals surface area contributed by atoms with E-state index in [2.05, 4.69) is 22.2 Å². The Morgan fingerprint density at radius 3 is 2.77 bits per heavy atom. The molecule has 0 aliphatic carbocycles. The quantitative estimate of drug-likeness (QED) is 0.405. The van der Waals surface area contributed by atoms with E-state index >= 15 is 0 Å². The molecule has 0 atom stereocenters. The minimum Gasteiger partial charge on any atom is -0.493 e. The number of rotatable bonds is 9. The predicted molar refractivity (Wildman–Crippen MR) is 105 cm³/mol. The van der Waals surface area contributed by atoms with E-state index in [0.29, 0.717) is 37.2 Å². The molecule has 1 aromatic heterocycles. The van der Waals surface area contributed by atoms with Gasteiger partial charge in [0, 0.05) is 24.7 Å². The Hall–Kier alpha value is -2.89. The number of ether oxygens (including phenoxy) is 2. The van der Waals surface area contributed by atoms with E-state index in [9.17, 15) is 0 Å². The van der Waals surface area contributed by atoms with Crippen molar-refractivity contribution in [1.82, 2.24) is 5.32 Å². The van der Waals surface area contributed by atoms with E-state index in [1.165, 1.54) is 0 Å². The fourth-order valence-corrected chi connectivity index (χ4v) is 2.27. The number of hydrogen-bond donors (Lipinski definition) is 2. The first-order valence-corrected chi connectivity index (χ1v) is 8.65. The van der Waals surface area contributed by atoms with E-state index in [-0.39, 0.29) is 0 Å². The molecule has 0 saturated heterocycles. The van der Waals surface area contributed by atoms with Crippen molar-refractivity contribution in [2.75, 3.05) is 32.1 Å². The van der Waals surface area contributed by atoms with Gasteiger partial charge in [-0.1, -0.05) is 12.2 Å². The number of nitrogens with one attached hydrogen (secondary N) is 2. The van der Waals surface area contributed by atoms with Crippen LogP contribution < -0.4 is 20.1 Å². The third-order valence-electron chi connectivity index (χ3n) is 3.48. The number of anilines is 1. The Morgan fingerprint density at radius 2 is 2.12 bits per heavy atom. The molecule has 0 bridgehead atoms. The zero-order valence-electron chi connectivity index (χ0n) is 15.7. The fourth-order valence-electron chi connectivity index (χ4n) is 2.27. The third kappa shape index (κ3) is 6.20. The molecule has 1 heterocycles. The van der Waals surface area contributed by atoms with E-state index in [1.807, 2.05) is 44.2 Å². The number of guanidine groups is 1. The highest BCUT2D eigenvalue weighted by atomic mass is 16.5. The number of nitrogens with zero attached hydrogens (tertiary/aromatic N) is 1. The molecule has 1 aromatic carbocycles. The molecule has 0 aliphatic heterocycles. The molecule has 0 unspecified atom stereocenters. The zero-order valence-corrected chi connectivity index (χ0v) is 15.7. The summed E-state index contributed by atoms with van der Waals surface area (Å²) in [7, 11) is 1.62. The van der Waals surface area contributed by atoms with Crippen molar-refractivity contribution in [2.24, 2.45) is 4.99 Å². The SMILES string of the molecule is C=C(C)CN=C(NCCc1ccco1)Nc1ccc(OCC)c(OC)c1. The molecular weight excluding hydrogens is 330 g/mol. The lowest BCUT2D eigenvalue weighted by Crippen LogP contribution is -2.32. The second-order valence-corrected chi connectivity index (χ2v) is 5.80. The first kappa shape index (κ1) is 19.4. The second-order valence-electron chi connectivity index (χ2n) is 5.80. The van der Waals surface area contributed by atoms with Gasteiger partial charge in [0.15, 0.2) is 17.5 Å². The second kappa shape index (κ2) is 10.2. The highest BCUT2D eigenvalue weighted by Crippen LogP contribution is 2.30. The Bertz CT molecular complexity index is 724. The maximum Gasteiger partial charge on any atom is 0.196 e. The largest absolute Gasteiger partial charge is 0.493 e. The van der Waals surface area contributed by atoms with Gasteiger partial charge in [0.1, 0.15) is 5.76 Å². The standard InChI is InChI=1S/C20H27N3O3/c1-5-25-18-9-8-16(13-19(18)24-4)23-20(22-14-15(2)3)21-11-10-17-7-6-12-26-17/h6-9,12-13H,2,5,10-11,14H2,1,3-4H3,(H2,21,22,23). The van der Waals surface area contributed by atoms with Gasteiger partial charge in [-0.3, -0.25) is 0 Å². The van der Waals surface area contributed by atoms with Crippen molar-refractivity contribution in [1.29, 1.82) is 0 Å². The monoisotopic (exact) mass is 357 g/mol. The molecule has 26 heavy (non-hydrogen) atoms. The molecule has 0 fully saturated rings. The summed E-state index contributed by atoms with van der Waals surface area (Å²) in [5.41, 5.74) is 1.85. The van der Waals surface area contributed by atoms with Crippen LogP contribution >= 0.6 is 0 Å². The topological polar surface area (TPSA) is 68.0 Å². The molecule has 6 heteroatoms. The lowest BCUT2D eigenvalue weighted by molar-refractivity contribution is 0.311. The normalized spacial score (nSPS) is 11.1. The first-order valence-electron chi connectivity index (χ1n) is 8.65. The number of methoxy groups -OCH3 is 1. The zero-order chi connectivity index (χ0) is 18.8. The minimum atomic E-state index is 0.546. The molecule has 0 amide bonds. The summed E-state index contributed by atoms with van der Waals surface area (Å²) in [6, 6.07) is 9.53. The summed E-state index contributed by atoms with van der Waals surface area (Å²) in [6.45, 7) is 9.62. The van der Waals surface area contributed by atoms with Crippen molar-refractivity contribution in [3.05, 3.63) is 54.5 Å². The van der Waals surface area contributed by atoms with Gasteiger partial charge in [0.2, 0.25) is 0 Å². The average Bonchev–Trinajstić information content (AvgIpc) is 3.14. The fraction of sp³-hybridized carbons (Fsp3) is 0.350. The van der Waals surface area contributed by atoms with Crippen LogP contribution in [0.1, 0.15) is 19.6 Å². The van der Waals surface area contributed by atoms with E-state index in [0.717, 1.165) is 23.4 Å². The molecular formula is C20H27N3O3. The van der Waals surface area contributed by atoms with E-state index in [4.69, 9.17) is 13.9 Å². The molecule has 0 spiro atoms. The van der Waals surface area contributed by atoms with Crippen LogP contribution in [0.25, 0.3) is 0 Å². The van der Waals surface area contributed by atoms with Gasteiger partial charge in [-0.2, -0.15) is 0 Å². The summed E-state index contributed by atoms with van der Waals surface area (Å²) in [6.07, 6.45) is 2.45. The Labute approximate surface area is 154 Å². The highest BCUT2D eigenvalue weighted by molar-refractivity contribution is 5.94. The van der Waals surface area contributed by atoms with Gasteiger partial charge in [-0.05, 0) is 38.1 Å². The van der Waals surface area contributed by atoms with E-state index < -0.39 is 0 Å². The highest BCUT2D eigenvalue weighted by Gasteiger charge is 2.07. The predicted octanol–water partition coefficient (Wildman–Crippen LogP) is 3.86. The summed E-state index contributed by atoms with van der Waals surface area (Å²) < 4.78 is 16.3. The van der Waals surface area contributed by atoms with E-state index in [1.54, 1.807) is 13.4 Å². The molecule has 2 rings (SSSR count). The number of furan rings is 1. The van der Waals surface area contributed by atoms with Crippen molar-refractivity contribution in [3.8, 4) is 11.5 Å². The van der Waals surface area contributed by atoms with Gasteiger partial charge in [0.05, 0.1) is 26.5 Å². The van der Waals surface area contributed by atoms with Crippen molar-refractivity contribution in [2.45, 2.75) is 20.3 Å². The number of hydrogen-bond acceptors (Lipinski definition) is 4. The van der Waals surface area contributed by atoms with Crippen LogP contribution in [-0.2, 0) is 6.42 Å². The maximum absolute atomic E-state index is 5.55. The van der Waals surface area contributed by atoms with Gasteiger partial charge in [-0.25, -0.2) is 4.99 Å². The van der Waals surface area contributed by atoms with Crippen LogP contribution in [0.2, 0.25) is 0 Å². The third-order valence-corrected chi connectivity index (χ3v) is 3.48. The van der Waals surface area contributed by atoms with Crippen LogP contribution in [0.5, 0.6) is 11.5 Å². The lowest BCUT2D eigenvalue weighted by atomic mass is 10.2. The van der Waals surface area contributed by atoms with Gasteiger partial charge in [-0.15, -0.1) is 0 Å². The molecule has 0 radical (unpaired) electrons. The number of benzene rings is 1. The molecule has 2 aromatic rings. The molecule has 6 nitrogen and oxygen atoms in total. The first-order chi connectivity index (χ1) is 12.6. The van der Waals surface area contributed by atoms with Crippen LogP contribution in [0.3, 0.4) is 0 Å². The van der Waals surface area contributed by atoms with Crippen molar-refractivity contribution in [3.63, 3.8) is 0 Å². The van der Waals surface area contributed by atoms with Crippen molar-refractivity contribution >= 4 is 11.6 Å². The maximum atomic E-state index is 5.55. The van der Waals surface area contributed by atoms with Gasteiger partial charge < -0.3 is 24.5 Å². The summed E-state index contributed by atoms with van der Waals surface area (Å²) in [4.78, 5) is 4.54. The van der Waals surface area contributed by atoms with Gasteiger partial charge >= 0.3 is 0 Å². The van der Waals surface area contributed by atoms with Crippen LogP contribution in [0.4, 0.5) is 5.69 Å². The van der Waals surface area contributed by atoms with Crippen LogP contribution in [-0.4, -0.2) is 32.8 Å². The number of aliphatic imine (C=N–C) groups is 1. The smallest absolute Gasteiger partial charge is 0.196 e. The lowest BCUT2D eigenvalue weighted by Gasteiger charge is -2.15. The Kier molecular flexibility index (Phi) is 7.61. The summed E-state index contributed by atoms with van der Waals surface area (Å²) >= 11 is 0. The van der Waals surface area contributed by atoms with Crippen molar-refractivity contribution < 1.29 is 13.9 Å². The van der Waals surface area contributed by atoms with Gasteiger partial charge in [0.25, 0.3) is 0 Å². The van der Waals surface area contributed by atoms with Crippen LogP contribution in [0.15, 0.2) is 58.2 Å². The minimum absolute atomic E-state index is 0.546.